The SMILES string of the molecule is CC[C@H](N)C(=O)N1CCNCC1c1ccccc1Cl. The van der Waals surface area contributed by atoms with Gasteiger partial charge < -0.3 is 16.0 Å². The lowest BCUT2D eigenvalue weighted by Crippen LogP contribution is -2.53. The Morgan fingerprint density at radius 3 is 3.00 bits per heavy atom. The number of nitrogens with zero attached hydrogens (tertiary/aromatic N) is 1. The smallest absolute Gasteiger partial charge is 0.240 e. The number of nitrogens with one attached hydrogen (secondary N) is 1. The Labute approximate surface area is 118 Å². The van der Waals surface area contributed by atoms with Gasteiger partial charge >= 0.3 is 0 Å². The van der Waals surface area contributed by atoms with Crippen LogP contribution in [0.1, 0.15) is 24.9 Å². The zero-order chi connectivity index (χ0) is 13.8. The van der Waals surface area contributed by atoms with Crippen molar-refractivity contribution in [3.05, 3.63) is 34.9 Å². The van der Waals surface area contributed by atoms with E-state index in [1.54, 1.807) is 0 Å². The normalized spacial score (nSPS) is 21.2. The Morgan fingerprint density at radius 2 is 2.32 bits per heavy atom. The summed E-state index contributed by atoms with van der Waals surface area (Å²) in [4.78, 5) is 14.2. The van der Waals surface area contributed by atoms with Crippen LogP contribution in [0.15, 0.2) is 24.3 Å². The van der Waals surface area contributed by atoms with Gasteiger partial charge in [-0.1, -0.05) is 36.7 Å². The number of carbonyl (C=O) groups excluding carboxylic acids is 1. The second kappa shape index (κ2) is 6.37. The highest BCUT2D eigenvalue weighted by Crippen LogP contribution is 2.28. The van der Waals surface area contributed by atoms with Gasteiger partial charge in [0.15, 0.2) is 0 Å². The van der Waals surface area contributed by atoms with Crippen LogP contribution in [0.25, 0.3) is 0 Å². The average molecular weight is 282 g/mol. The van der Waals surface area contributed by atoms with Gasteiger partial charge in [-0.15, -0.1) is 0 Å². The molecule has 19 heavy (non-hydrogen) atoms. The largest absolute Gasteiger partial charge is 0.332 e. The lowest BCUT2D eigenvalue weighted by atomic mass is 10.0. The first-order valence-corrected chi connectivity index (χ1v) is 7.04. The first-order valence-electron chi connectivity index (χ1n) is 6.66. The number of amides is 1. The molecule has 0 saturated carbocycles. The van der Waals surface area contributed by atoms with Gasteiger partial charge in [0.05, 0.1) is 12.1 Å². The minimum absolute atomic E-state index is 0.00826. The van der Waals surface area contributed by atoms with Crippen molar-refractivity contribution in [1.82, 2.24) is 10.2 Å². The van der Waals surface area contributed by atoms with Crippen LogP contribution in [0.3, 0.4) is 0 Å². The fourth-order valence-corrected chi connectivity index (χ4v) is 2.64. The predicted octanol–water partition coefficient (Wildman–Crippen LogP) is 1.55. The van der Waals surface area contributed by atoms with Crippen LogP contribution in [0.2, 0.25) is 5.02 Å². The third-order valence-corrected chi connectivity index (χ3v) is 3.89. The zero-order valence-corrected chi connectivity index (χ0v) is 11.9. The predicted molar refractivity (Wildman–Crippen MR) is 77.0 cm³/mol. The molecular formula is C14H20ClN3O. The summed E-state index contributed by atoms with van der Waals surface area (Å²) in [5.74, 6) is 0.00826. The van der Waals surface area contributed by atoms with E-state index in [9.17, 15) is 4.79 Å². The topological polar surface area (TPSA) is 58.4 Å². The molecule has 3 N–H and O–H groups in total. The van der Waals surface area contributed by atoms with Crippen molar-refractivity contribution in [2.75, 3.05) is 19.6 Å². The molecule has 0 aromatic heterocycles. The van der Waals surface area contributed by atoms with Gasteiger partial charge in [0.1, 0.15) is 0 Å². The number of hydrogen-bond donors (Lipinski definition) is 2. The van der Waals surface area contributed by atoms with Crippen molar-refractivity contribution in [3.8, 4) is 0 Å². The monoisotopic (exact) mass is 281 g/mol. The number of halogens is 1. The quantitative estimate of drug-likeness (QED) is 0.884. The number of rotatable bonds is 3. The molecule has 1 aromatic rings. The summed E-state index contributed by atoms with van der Waals surface area (Å²) < 4.78 is 0. The molecule has 4 nitrogen and oxygen atoms in total. The van der Waals surface area contributed by atoms with Crippen molar-refractivity contribution < 1.29 is 4.79 Å². The van der Waals surface area contributed by atoms with Gasteiger partial charge in [-0.3, -0.25) is 4.79 Å². The third-order valence-electron chi connectivity index (χ3n) is 3.55. The molecular weight excluding hydrogens is 262 g/mol. The Morgan fingerprint density at radius 1 is 1.58 bits per heavy atom. The molecule has 1 heterocycles. The second-order valence-corrected chi connectivity index (χ2v) is 5.20. The van der Waals surface area contributed by atoms with E-state index < -0.39 is 6.04 Å². The van der Waals surface area contributed by atoms with Gasteiger partial charge in [0.25, 0.3) is 0 Å². The average Bonchev–Trinajstić information content (AvgIpc) is 2.46. The Hall–Kier alpha value is -1.10. The fourth-order valence-electron chi connectivity index (χ4n) is 2.38. The van der Waals surface area contributed by atoms with E-state index >= 15 is 0 Å². The molecule has 1 unspecified atom stereocenters. The highest BCUT2D eigenvalue weighted by molar-refractivity contribution is 6.31. The molecule has 1 fully saturated rings. The summed E-state index contributed by atoms with van der Waals surface area (Å²) in [5.41, 5.74) is 6.86. The molecule has 1 aromatic carbocycles. The van der Waals surface area contributed by atoms with Crippen molar-refractivity contribution in [1.29, 1.82) is 0 Å². The van der Waals surface area contributed by atoms with Crippen LogP contribution in [0.4, 0.5) is 0 Å². The van der Waals surface area contributed by atoms with Crippen LogP contribution in [0.5, 0.6) is 0 Å². The Balaban J connectivity index is 2.26. The minimum Gasteiger partial charge on any atom is -0.332 e. The van der Waals surface area contributed by atoms with Crippen LogP contribution < -0.4 is 11.1 Å². The molecule has 2 rings (SSSR count). The summed E-state index contributed by atoms with van der Waals surface area (Å²) in [6.07, 6.45) is 0.651. The molecule has 1 aliphatic heterocycles. The molecule has 1 aliphatic rings. The molecule has 1 amide bonds. The van der Waals surface area contributed by atoms with E-state index in [0.717, 1.165) is 12.1 Å². The standard InChI is InChI=1S/C14H20ClN3O/c1-2-12(16)14(19)18-8-7-17-9-13(18)10-5-3-4-6-11(10)15/h3-6,12-13,17H,2,7-9,16H2,1H3/t12-,13?/m0/s1. The van der Waals surface area contributed by atoms with E-state index in [0.29, 0.717) is 24.5 Å². The molecule has 0 radical (unpaired) electrons. The second-order valence-electron chi connectivity index (χ2n) is 4.79. The molecule has 0 spiro atoms. The van der Waals surface area contributed by atoms with Gasteiger partial charge in [-0.25, -0.2) is 0 Å². The summed E-state index contributed by atoms with van der Waals surface area (Å²) in [7, 11) is 0. The molecule has 2 atom stereocenters. The molecule has 0 bridgehead atoms. The van der Waals surface area contributed by atoms with Crippen molar-refractivity contribution in [3.63, 3.8) is 0 Å². The fraction of sp³-hybridized carbons (Fsp3) is 0.500. The lowest BCUT2D eigenvalue weighted by molar-refractivity contribution is -0.136. The van der Waals surface area contributed by atoms with Crippen molar-refractivity contribution in [2.24, 2.45) is 5.73 Å². The summed E-state index contributed by atoms with van der Waals surface area (Å²) in [6.45, 7) is 4.10. The first kappa shape index (κ1) is 14.3. The van der Waals surface area contributed by atoms with Gasteiger partial charge in [-0.05, 0) is 18.1 Å². The van der Waals surface area contributed by atoms with Crippen LogP contribution in [-0.2, 0) is 4.79 Å². The molecule has 1 saturated heterocycles. The number of piperazine rings is 1. The molecule has 5 heteroatoms. The maximum Gasteiger partial charge on any atom is 0.240 e. The van der Waals surface area contributed by atoms with Crippen molar-refractivity contribution >= 4 is 17.5 Å². The van der Waals surface area contributed by atoms with Crippen LogP contribution in [0, 0.1) is 0 Å². The van der Waals surface area contributed by atoms with Crippen LogP contribution >= 0.6 is 11.6 Å². The number of benzene rings is 1. The number of hydrogen-bond acceptors (Lipinski definition) is 3. The van der Waals surface area contributed by atoms with Crippen molar-refractivity contribution in [2.45, 2.75) is 25.4 Å². The maximum atomic E-state index is 12.4. The van der Waals surface area contributed by atoms with Gasteiger partial charge in [0, 0.05) is 24.7 Å². The summed E-state index contributed by atoms with van der Waals surface area (Å²) >= 11 is 6.24. The van der Waals surface area contributed by atoms with Gasteiger partial charge in [-0.2, -0.15) is 0 Å². The third kappa shape index (κ3) is 3.08. The lowest BCUT2D eigenvalue weighted by Gasteiger charge is -2.38. The molecule has 0 aliphatic carbocycles. The van der Waals surface area contributed by atoms with E-state index in [-0.39, 0.29) is 11.9 Å². The summed E-state index contributed by atoms with van der Waals surface area (Å²) in [6, 6.07) is 7.20. The number of carbonyl (C=O) groups is 1. The van der Waals surface area contributed by atoms with E-state index in [2.05, 4.69) is 5.32 Å². The zero-order valence-electron chi connectivity index (χ0n) is 11.1. The maximum absolute atomic E-state index is 12.4. The van der Waals surface area contributed by atoms with E-state index in [4.69, 9.17) is 17.3 Å². The Kier molecular flexibility index (Phi) is 4.80. The molecule has 104 valence electrons. The minimum atomic E-state index is -0.428. The highest BCUT2D eigenvalue weighted by Gasteiger charge is 2.31. The highest BCUT2D eigenvalue weighted by atomic mass is 35.5. The first-order chi connectivity index (χ1) is 9.15. The Bertz CT molecular complexity index is 452. The van der Waals surface area contributed by atoms with E-state index in [1.165, 1.54) is 0 Å². The van der Waals surface area contributed by atoms with E-state index in [1.807, 2.05) is 36.1 Å². The number of nitrogens with two attached hydrogens (primary N) is 1. The summed E-state index contributed by atoms with van der Waals surface area (Å²) in [5, 5.41) is 4.00. The van der Waals surface area contributed by atoms with Gasteiger partial charge in [0.2, 0.25) is 5.91 Å². The van der Waals surface area contributed by atoms with Crippen LogP contribution in [-0.4, -0.2) is 36.5 Å².